The van der Waals surface area contributed by atoms with Crippen LogP contribution in [0.2, 0.25) is 0 Å². The lowest BCUT2D eigenvalue weighted by Crippen LogP contribution is -2.51. The van der Waals surface area contributed by atoms with Gasteiger partial charge in [-0.3, -0.25) is 14.5 Å². The van der Waals surface area contributed by atoms with Gasteiger partial charge in [-0.1, -0.05) is 18.9 Å². The van der Waals surface area contributed by atoms with Crippen molar-refractivity contribution in [3.8, 4) is 5.75 Å². The maximum atomic E-state index is 12.6. The second kappa shape index (κ2) is 11.0. The Kier molecular flexibility index (Phi) is 8.36. The molecule has 0 radical (unpaired) electrons. The summed E-state index contributed by atoms with van der Waals surface area (Å²) in [7, 11) is 1.64. The average Bonchev–Trinajstić information content (AvgIpc) is 3.02. The molecule has 2 heterocycles. The number of methoxy groups -OCH3 is 1. The molecule has 2 fully saturated rings. The molecule has 0 bridgehead atoms. The summed E-state index contributed by atoms with van der Waals surface area (Å²) in [5.41, 5.74) is 1.12. The molecule has 1 aromatic carbocycles. The van der Waals surface area contributed by atoms with Gasteiger partial charge in [0.2, 0.25) is 11.8 Å². The Morgan fingerprint density at radius 1 is 0.931 bits per heavy atom. The zero-order valence-corrected chi connectivity index (χ0v) is 19.0. The van der Waals surface area contributed by atoms with Crippen molar-refractivity contribution in [2.75, 3.05) is 52.9 Å². The van der Waals surface area contributed by atoms with Crippen molar-refractivity contribution in [3.05, 3.63) is 28.2 Å². The van der Waals surface area contributed by atoms with Crippen LogP contribution >= 0.6 is 15.9 Å². The van der Waals surface area contributed by atoms with Gasteiger partial charge in [0.1, 0.15) is 5.75 Å². The molecule has 6 nitrogen and oxygen atoms in total. The Balaban J connectivity index is 1.40. The number of nitrogens with zero attached hydrogens (tertiary/aromatic N) is 3. The van der Waals surface area contributed by atoms with Crippen molar-refractivity contribution < 1.29 is 14.3 Å². The standard InChI is InChI=1S/C22H32BrN3O3/c1-29-20-8-6-18(16-19(20)23)7-9-21(27)26-14-12-24(13-15-26)17-22(28)25-10-4-2-3-5-11-25/h6,8,16H,2-5,7,9-15,17H2,1H3. The number of piperazine rings is 1. The number of likely N-dealkylation sites (tertiary alicyclic amines) is 1. The van der Waals surface area contributed by atoms with Crippen LogP contribution in [0.5, 0.6) is 5.75 Å². The monoisotopic (exact) mass is 465 g/mol. The van der Waals surface area contributed by atoms with E-state index >= 15 is 0 Å². The number of hydrogen-bond acceptors (Lipinski definition) is 4. The van der Waals surface area contributed by atoms with E-state index in [0.717, 1.165) is 61.2 Å². The van der Waals surface area contributed by atoms with Gasteiger partial charge in [0.15, 0.2) is 0 Å². The molecule has 29 heavy (non-hydrogen) atoms. The fraction of sp³-hybridized carbons (Fsp3) is 0.636. The highest BCUT2D eigenvalue weighted by atomic mass is 79.9. The number of rotatable bonds is 6. The minimum atomic E-state index is 0.190. The summed E-state index contributed by atoms with van der Waals surface area (Å²) in [6, 6.07) is 5.94. The highest BCUT2D eigenvalue weighted by Crippen LogP contribution is 2.26. The molecule has 2 aliphatic heterocycles. The summed E-state index contributed by atoms with van der Waals surface area (Å²) in [5.74, 6) is 1.23. The highest BCUT2D eigenvalue weighted by Gasteiger charge is 2.24. The Bertz CT molecular complexity index is 697. The van der Waals surface area contributed by atoms with Crippen LogP contribution < -0.4 is 4.74 Å². The van der Waals surface area contributed by atoms with E-state index in [0.29, 0.717) is 26.1 Å². The number of carbonyl (C=O) groups excluding carboxylic acids is 2. The predicted octanol–water partition coefficient (Wildman–Crippen LogP) is 2.94. The molecular formula is C22H32BrN3O3. The molecule has 0 N–H and O–H groups in total. The van der Waals surface area contributed by atoms with E-state index in [1.807, 2.05) is 28.0 Å². The van der Waals surface area contributed by atoms with E-state index in [2.05, 4.69) is 20.8 Å². The summed E-state index contributed by atoms with van der Waals surface area (Å²) in [6.07, 6.45) is 5.94. The second-order valence-corrected chi connectivity index (χ2v) is 8.78. The van der Waals surface area contributed by atoms with Crippen LogP contribution in [0.25, 0.3) is 0 Å². The van der Waals surface area contributed by atoms with Gasteiger partial charge in [0, 0.05) is 45.7 Å². The smallest absolute Gasteiger partial charge is 0.236 e. The molecular weight excluding hydrogens is 434 g/mol. The molecule has 0 unspecified atom stereocenters. The van der Waals surface area contributed by atoms with Gasteiger partial charge in [0.05, 0.1) is 18.1 Å². The molecule has 0 spiro atoms. The van der Waals surface area contributed by atoms with Crippen molar-refractivity contribution in [2.45, 2.75) is 38.5 Å². The summed E-state index contributed by atoms with van der Waals surface area (Å²) < 4.78 is 6.16. The zero-order chi connectivity index (χ0) is 20.6. The molecule has 0 saturated carbocycles. The number of amides is 2. The van der Waals surface area contributed by atoms with Gasteiger partial charge in [0.25, 0.3) is 0 Å². The predicted molar refractivity (Wildman–Crippen MR) is 117 cm³/mol. The van der Waals surface area contributed by atoms with Gasteiger partial charge in [-0.2, -0.15) is 0 Å². The van der Waals surface area contributed by atoms with Crippen LogP contribution in [0, 0.1) is 0 Å². The normalized spacial score (nSPS) is 18.4. The van der Waals surface area contributed by atoms with Gasteiger partial charge in [-0.25, -0.2) is 0 Å². The zero-order valence-electron chi connectivity index (χ0n) is 17.4. The van der Waals surface area contributed by atoms with E-state index in [1.165, 1.54) is 12.8 Å². The largest absolute Gasteiger partial charge is 0.496 e. The first kappa shape index (κ1) is 22.1. The maximum absolute atomic E-state index is 12.6. The Labute approximate surface area is 182 Å². The molecule has 0 aliphatic carbocycles. The fourth-order valence-corrected chi connectivity index (χ4v) is 4.63. The van der Waals surface area contributed by atoms with Crippen LogP contribution in [0.15, 0.2) is 22.7 Å². The van der Waals surface area contributed by atoms with Crippen LogP contribution in [0.3, 0.4) is 0 Å². The molecule has 0 aromatic heterocycles. The molecule has 2 amide bonds. The second-order valence-electron chi connectivity index (χ2n) is 7.92. The first-order valence-corrected chi connectivity index (χ1v) is 11.5. The van der Waals surface area contributed by atoms with Gasteiger partial charge < -0.3 is 14.5 Å². The highest BCUT2D eigenvalue weighted by molar-refractivity contribution is 9.10. The van der Waals surface area contributed by atoms with Crippen molar-refractivity contribution in [2.24, 2.45) is 0 Å². The maximum Gasteiger partial charge on any atom is 0.236 e. The minimum Gasteiger partial charge on any atom is -0.496 e. The molecule has 1 aromatic rings. The van der Waals surface area contributed by atoms with E-state index in [9.17, 15) is 9.59 Å². The molecule has 3 rings (SSSR count). The van der Waals surface area contributed by atoms with E-state index < -0.39 is 0 Å². The SMILES string of the molecule is COc1ccc(CCC(=O)N2CCN(CC(=O)N3CCCCCC3)CC2)cc1Br. The van der Waals surface area contributed by atoms with E-state index in [-0.39, 0.29) is 11.8 Å². The number of benzene rings is 1. The van der Waals surface area contributed by atoms with Crippen LogP contribution in [0.4, 0.5) is 0 Å². The summed E-state index contributed by atoms with van der Waals surface area (Å²) in [4.78, 5) is 31.3. The third-order valence-electron chi connectivity index (χ3n) is 5.89. The Morgan fingerprint density at radius 3 is 2.21 bits per heavy atom. The summed E-state index contributed by atoms with van der Waals surface area (Å²) in [6.45, 7) is 5.26. The average molecular weight is 466 g/mol. The third kappa shape index (κ3) is 6.44. The van der Waals surface area contributed by atoms with E-state index in [4.69, 9.17) is 4.74 Å². The minimum absolute atomic E-state index is 0.190. The lowest BCUT2D eigenvalue weighted by molar-refractivity contribution is -0.135. The third-order valence-corrected chi connectivity index (χ3v) is 6.51. The molecule has 0 atom stereocenters. The first-order chi connectivity index (χ1) is 14.1. The lowest BCUT2D eigenvalue weighted by atomic mass is 10.1. The lowest BCUT2D eigenvalue weighted by Gasteiger charge is -2.35. The molecule has 2 saturated heterocycles. The van der Waals surface area contributed by atoms with Crippen molar-refractivity contribution in [3.63, 3.8) is 0 Å². The number of ether oxygens (including phenoxy) is 1. The fourth-order valence-electron chi connectivity index (χ4n) is 4.04. The van der Waals surface area contributed by atoms with Crippen LogP contribution in [-0.4, -0.2) is 79.4 Å². The quantitative estimate of drug-likeness (QED) is 0.647. The van der Waals surface area contributed by atoms with Crippen LogP contribution in [0.1, 0.15) is 37.7 Å². The number of hydrogen-bond donors (Lipinski definition) is 0. The summed E-state index contributed by atoms with van der Waals surface area (Å²) in [5, 5.41) is 0. The van der Waals surface area contributed by atoms with Gasteiger partial charge in [-0.05, 0) is 52.9 Å². The number of carbonyl (C=O) groups is 2. The van der Waals surface area contributed by atoms with E-state index in [1.54, 1.807) is 7.11 Å². The molecule has 7 heteroatoms. The van der Waals surface area contributed by atoms with Crippen molar-refractivity contribution >= 4 is 27.7 Å². The van der Waals surface area contributed by atoms with Crippen molar-refractivity contribution in [1.29, 1.82) is 0 Å². The van der Waals surface area contributed by atoms with Crippen molar-refractivity contribution in [1.82, 2.24) is 14.7 Å². The van der Waals surface area contributed by atoms with Gasteiger partial charge >= 0.3 is 0 Å². The molecule has 160 valence electrons. The Hall–Kier alpha value is -1.60. The number of halogens is 1. The Morgan fingerprint density at radius 2 is 1.59 bits per heavy atom. The topological polar surface area (TPSA) is 53.1 Å². The summed E-state index contributed by atoms with van der Waals surface area (Å²) >= 11 is 3.49. The first-order valence-electron chi connectivity index (χ1n) is 10.7. The number of aryl methyl sites for hydroxylation is 1. The molecule has 2 aliphatic rings. The van der Waals surface area contributed by atoms with Gasteiger partial charge in [-0.15, -0.1) is 0 Å². The van der Waals surface area contributed by atoms with Crippen LogP contribution in [-0.2, 0) is 16.0 Å².